The van der Waals surface area contributed by atoms with Crippen LogP contribution in [-0.4, -0.2) is 29.4 Å². The van der Waals surface area contributed by atoms with Crippen molar-refractivity contribution in [2.75, 3.05) is 13.2 Å². The molecule has 0 unspecified atom stereocenters. The fourth-order valence-electron chi connectivity index (χ4n) is 2.51. The highest BCUT2D eigenvalue weighted by molar-refractivity contribution is 5.87. The third-order valence-electron chi connectivity index (χ3n) is 3.92. The van der Waals surface area contributed by atoms with Crippen LogP contribution in [0.3, 0.4) is 0 Å². The number of carbonyl (C=O) groups is 1. The van der Waals surface area contributed by atoms with Gasteiger partial charge >= 0.3 is 5.97 Å². The first-order chi connectivity index (χ1) is 11.2. The zero-order valence-electron chi connectivity index (χ0n) is 14.0. The summed E-state index contributed by atoms with van der Waals surface area (Å²) < 4.78 is 5.61. The minimum atomic E-state index is -0.912. The lowest BCUT2D eigenvalue weighted by atomic mass is 10.1. The third-order valence-corrected chi connectivity index (χ3v) is 3.92. The van der Waals surface area contributed by atoms with E-state index < -0.39 is 5.97 Å². The molecular formula is C19H30O4. The number of rotatable bonds is 14. The second kappa shape index (κ2) is 12.9. The van der Waals surface area contributed by atoms with Crippen molar-refractivity contribution in [3.8, 4) is 5.75 Å². The van der Waals surface area contributed by atoms with Gasteiger partial charge in [-0.25, -0.2) is 4.79 Å². The minimum Gasteiger partial charge on any atom is -0.494 e. The minimum absolute atomic E-state index is 0.286. The molecule has 0 amide bonds. The number of aliphatic hydroxyl groups is 1. The molecule has 0 bridgehead atoms. The van der Waals surface area contributed by atoms with E-state index in [1.807, 2.05) is 0 Å². The van der Waals surface area contributed by atoms with Crippen molar-refractivity contribution < 1.29 is 19.7 Å². The van der Waals surface area contributed by atoms with Gasteiger partial charge in [-0.05, 0) is 37.1 Å². The summed E-state index contributed by atoms with van der Waals surface area (Å²) in [6.07, 6.45) is 12.0. The normalized spacial score (nSPS) is 10.7. The second-order valence-corrected chi connectivity index (χ2v) is 5.94. The highest BCUT2D eigenvalue weighted by Crippen LogP contribution is 2.14. The molecule has 0 radical (unpaired) electrons. The van der Waals surface area contributed by atoms with E-state index in [0.717, 1.165) is 25.0 Å². The summed E-state index contributed by atoms with van der Waals surface area (Å²) in [6, 6.07) is 6.55. The Morgan fingerprint density at radius 1 is 0.783 bits per heavy atom. The maximum absolute atomic E-state index is 10.7. The van der Waals surface area contributed by atoms with Crippen LogP contribution in [0.25, 0.3) is 0 Å². The van der Waals surface area contributed by atoms with Gasteiger partial charge in [-0.15, -0.1) is 0 Å². The van der Waals surface area contributed by atoms with E-state index in [9.17, 15) is 4.79 Å². The Hall–Kier alpha value is -1.55. The van der Waals surface area contributed by atoms with Crippen LogP contribution in [0.2, 0.25) is 0 Å². The summed E-state index contributed by atoms with van der Waals surface area (Å²) in [4.78, 5) is 10.7. The molecule has 23 heavy (non-hydrogen) atoms. The number of carboxylic acids is 1. The maximum Gasteiger partial charge on any atom is 0.335 e. The molecule has 0 aromatic heterocycles. The van der Waals surface area contributed by atoms with Crippen LogP contribution in [0.15, 0.2) is 24.3 Å². The maximum atomic E-state index is 10.7. The molecule has 1 rings (SSSR count). The van der Waals surface area contributed by atoms with Gasteiger partial charge < -0.3 is 14.9 Å². The van der Waals surface area contributed by atoms with Gasteiger partial charge in [-0.3, -0.25) is 0 Å². The number of aromatic carboxylic acids is 1. The van der Waals surface area contributed by atoms with Gasteiger partial charge in [0.15, 0.2) is 0 Å². The molecule has 0 aliphatic carbocycles. The van der Waals surface area contributed by atoms with Gasteiger partial charge in [0.1, 0.15) is 5.75 Å². The largest absolute Gasteiger partial charge is 0.494 e. The number of hydrogen-bond acceptors (Lipinski definition) is 3. The number of benzene rings is 1. The molecule has 0 fully saturated rings. The molecule has 4 nitrogen and oxygen atoms in total. The Morgan fingerprint density at radius 2 is 1.26 bits per heavy atom. The Morgan fingerprint density at radius 3 is 1.74 bits per heavy atom. The standard InChI is InChI=1S/C19H30O4/c20-15-9-7-5-3-1-2-4-6-8-10-16-23-18-13-11-17(12-14-18)19(21)22/h11-14,20H,1-10,15-16H2,(H,21,22). The Labute approximate surface area is 139 Å². The predicted octanol–water partition coefficient (Wildman–Crippen LogP) is 4.66. The van der Waals surface area contributed by atoms with Crippen molar-refractivity contribution in [2.24, 2.45) is 0 Å². The van der Waals surface area contributed by atoms with Crippen LogP contribution in [-0.2, 0) is 0 Å². The molecule has 4 heteroatoms. The average molecular weight is 322 g/mol. The van der Waals surface area contributed by atoms with E-state index >= 15 is 0 Å². The molecule has 0 aliphatic heterocycles. The van der Waals surface area contributed by atoms with Gasteiger partial charge in [0, 0.05) is 6.61 Å². The lowest BCUT2D eigenvalue weighted by Gasteiger charge is -2.06. The lowest BCUT2D eigenvalue weighted by Crippen LogP contribution is -1.99. The Balaban J connectivity index is 1.90. The van der Waals surface area contributed by atoms with Crippen molar-refractivity contribution in [1.29, 1.82) is 0 Å². The fraction of sp³-hybridized carbons (Fsp3) is 0.632. The quantitative estimate of drug-likeness (QED) is 0.489. The second-order valence-electron chi connectivity index (χ2n) is 5.94. The van der Waals surface area contributed by atoms with Crippen LogP contribution in [0.5, 0.6) is 5.75 Å². The first-order valence-electron chi connectivity index (χ1n) is 8.81. The summed E-state index contributed by atoms with van der Waals surface area (Å²) in [6.45, 7) is 1.01. The number of aliphatic hydroxyl groups excluding tert-OH is 1. The van der Waals surface area contributed by atoms with E-state index in [-0.39, 0.29) is 5.56 Å². The summed E-state index contributed by atoms with van der Waals surface area (Å²) >= 11 is 0. The van der Waals surface area contributed by atoms with E-state index in [1.165, 1.54) is 44.9 Å². The van der Waals surface area contributed by atoms with Gasteiger partial charge in [0.25, 0.3) is 0 Å². The molecule has 0 spiro atoms. The monoisotopic (exact) mass is 322 g/mol. The Bertz CT molecular complexity index is 414. The number of ether oxygens (including phenoxy) is 1. The van der Waals surface area contributed by atoms with Crippen LogP contribution in [0.1, 0.15) is 74.6 Å². The van der Waals surface area contributed by atoms with Crippen LogP contribution >= 0.6 is 0 Å². The zero-order valence-corrected chi connectivity index (χ0v) is 14.0. The first kappa shape index (κ1) is 19.5. The van der Waals surface area contributed by atoms with Crippen molar-refractivity contribution in [2.45, 2.75) is 64.2 Å². The van der Waals surface area contributed by atoms with Crippen molar-refractivity contribution in [3.63, 3.8) is 0 Å². The van der Waals surface area contributed by atoms with Gasteiger partial charge in [-0.1, -0.05) is 51.4 Å². The van der Waals surface area contributed by atoms with Crippen LogP contribution in [0, 0.1) is 0 Å². The SMILES string of the molecule is O=C(O)c1ccc(OCCCCCCCCCCCCO)cc1. The first-order valence-corrected chi connectivity index (χ1v) is 8.81. The molecule has 0 atom stereocenters. The number of unbranched alkanes of at least 4 members (excludes halogenated alkanes) is 9. The summed E-state index contributed by atoms with van der Waals surface area (Å²) in [5, 5.41) is 17.5. The Kier molecular flexibility index (Phi) is 11.0. The molecule has 2 N–H and O–H groups in total. The lowest BCUT2D eigenvalue weighted by molar-refractivity contribution is 0.0697. The van der Waals surface area contributed by atoms with Crippen LogP contribution < -0.4 is 4.74 Å². The highest BCUT2D eigenvalue weighted by atomic mass is 16.5. The van der Waals surface area contributed by atoms with Crippen molar-refractivity contribution in [1.82, 2.24) is 0 Å². The van der Waals surface area contributed by atoms with Crippen molar-refractivity contribution in [3.05, 3.63) is 29.8 Å². The molecule has 0 saturated heterocycles. The topological polar surface area (TPSA) is 66.8 Å². The zero-order chi connectivity index (χ0) is 16.8. The highest BCUT2D eigenvalue weighted by Gasteiger charge is 2.01. The third kappa shape index (κ3) is 9.95. The smallest absolute Gasteiger partial charge is 0.335 e. The summed E-state index contributed by atoms with van der Waals surface area (Å²) in [5.74, 6) is -0.178. The van der Waals surface area contributed by atoms with Gasteiger partial charge in [0.2, 0.25) is 0 Å². The van der Waals surface area contributed by atoms with Gasteiger partial charge in [-0.2, -0.15) is 0 Å². The summed E-state index contributed by atoms with van der Waals surface area (Å²) in [7, 11) is 0. The summed E-state index contributed by atoms with van der Waals surface area (Å²) in [5.41, 5.74) is 0.286. The van der Waals surface area contributed by atoms with Crippen molar-refractivity contribution >= 4 is 5.97 Å². The van der Waals surface area contributed by atoms with Gasteiger partial charge in [0.05, 0.1) is 12.2 Å². The van der Waals surface area contributed by atoms with E-state index in [0.29, 0.717) is 13.2 Å². The number of carboxylic acid groups (broad SMARTS) is 1. The van der Waals surface area contributed by atoms with E-state index in [4.69, 9.17) is 14.9 Å². The average Bonchev–Trinajstić information content (AvgIpc) is 2.56. The molecule has 0 heterocycles. The number of hydrogen-bond donors (Lipinski definition) is 2. The van der Waals surface area contributed by atoms with E-state index in [1.54, 1.807) is 24.3 Å². The molecule has 0 aliphatic rings. The molecule has 1 aromatic rings. The molecule has 0 saturated carbocycles. The van der Waals surface area contributed by atoms with E-state index in [2.05, 4.69) is 0 Å². The molecule has 130 valence electrons. The molecular weight excluding hydrogens is 292 g/mol. The fourth-order valence-corrected chi connectivity index (χ4v) is 2.51. The predicted molar refractivity (Wildman–Crippen MR) is 92.2 cm³/mol. The molecule has 1 aromatic carbocycles. The van der Waals surface area contributed by atoms with Crippen LogP contribution in [0.4, 0.5) is 0 Å².